The van der Waals surface area contributed by atoms with Crippen LogP contribution in [0.25, 0.3) is 17.3 Å². The topological polar surface area (TPSA) is 85.8 Å². The Morgan fingerprint density at radius 1 is 1.13 bits per heavy atom. The molecule has 2 heterocycles. The molecule has 2 aliphatic carbocycles. The van der Waals surface area contributed by atoms with Crippen molar-refractivity contribution in [2.24, 2.45) is 11.8 Å². The second kappa shape index (κ2) is 7.94. The maximum atomic E-state index is 13.0. The Morgan fingerprint density at radius 3 is 2.71 bits per heavy atom. The van der Waals surface area contributed by atoms with Crippen molar-refractivity contribution in [3.63, 3.8) is 0 Å². The van der Waals surface area contributed by atoms with Gasteiger partial charge in [0.25, 0.3) is 11.8 Å². The van der Waals surface area contributed by atoms with Crippen LogP contribution in [-0.4, -0.2) is 31.9 Å². The van der Waals surface area contributed by atoms with Gasteiger partial charge in [-0.3, -0.25) is 4.79 Å². The van der Waals surface area contributed by atoms with Gasteiger partial charge in [-0.1, -0.05) is 32.8 Å². The van der Waals surface area contributed by atoms with Crippen LogP contribution in [0, 0.1) is 18.8 Å². The van der Waals surface area contributed by atoms with Crippen molar-refractivity contribution in [2.75, 3.05) is 0 Å². The van der Waals surface area contributed by atoms with E-state index in [1.165, 1.54) is 12.8 Å². The lowest BCUT2D eigenvalue weighted by Gasteiger charge is -2.34. The Balaban J connectivity index is 1.42. The Kier molecular flexibility index (Phi) is 5.12. The monoisotopic (exact) mass is 419 g/mol. The molecule has 3 atom stereocenters. The summed E-state index contributed by atoms with van der Waals surface area (Å²) in [4.78, 5) is 13.0. The van der Waals surface area contributed by atoms with Crippen LogP contribution in [0.2, 0.25) is 0 Å². The van der Waals surface area contributed by atoms with E-state index in [1.54, 1.807) is 6.92 Å². The number of carbonyl (C=O) groups excluding carboxylic acids is 1. The summed E-state index contributed by atoms with van der Waals surface area (Å²) in [5.41, 5.74) is 3.33. The van der Waals surface area contributed by atoms with Crippen molar-refractivity contribution in [3.05, 3.63) is 47.5 Å². The van der Waals surface area contributed by atoms with Gasteiger partial charge in [-0.25, -0.2) is 4.68 Å². The molecule has 0 aliphatic heterocycles. The van der Waals surface area contributed by atoms with Gasteiger partial charge in [0.05, 0.1) is 5.69 Å². The van der Waals surface area contributed by atoms with E-state index in [0.29, 0.717) is 40.8 Å². The lowest BCUT2D eigenvalue weighted by molar-refractivity contribution is 0.0891. The number of carbonyl (C=O) groups is 1. The van der Waals surface area contributed by atoms with Gasteiger partial charge < -0.3 is 9.73 Å². The molecule has 1 amide bonds. The van der Waals surface area contributed by atoms with Crippen LogP contribution < -0.4 is 5.32 Å². The molecule has 0 bridgehead atoms. The standard InChI is InChI=1S/C24H29N5O2/c1-14-6-4-9-20(15(14)2)25-23(30)18-7-5-8-19(12-18)29-22(17-10-11-17)13-21(28-29)24-27-26-16(3)31-24/h5,7-8,12-15,17,20H,4,6,9-11H2,1-3H3,(H,25,30)/t14-,15+,20-/m1/s1. The van der Waals surface area contributed by atoms with E-state index in [9.17, 15) is 4.79 Å². The first-order valence-corrected chi connectivity index (χ1v) is 11.3. The highest BCUT2D eigenvalue weighted by Gasteiger charge is 2.31. The highest BCUT2D eigenvalue weighted by atomic mass is 16.4. The molecule has 0 unspecified atom stereocenters. The molecule has 7 nitrogen and oxygen atoms in total. The minimum absolute atomic E-state index is 0.0133. The van der Waals surface area contributed by atoms with E-state index in [2.05, 4.69) is 29.4 Å². The molecule has 1 aromatic carbocycles. The van der Waals surface area contributed by atoms with E-state index in [0.717, 1.165) is 30.6 Å². The molecule has 7 heteroatoms. The molecule has 2 aromatic heterocycles. The maximum absolute atomic E-state index is 13.0. The molecule has 0 spiro atoms. The smallest absolute Gasteiger partial charge is 0.268 e. The van der Waals surface area contributed by atoms with Gasteiger partial charge in [-0.15, -0.1) is 10.2 Å². The minimum atomic E-state index is -0.0133. The zero-order valence-corrected chi connectivity index (χ0v) is 18.3. The molecule has 0 saturated heterocycles. The molecule has 5 rings (SSSR count). The van der Waals surface area contributed by atoms with Crippen molar-refractivity contribution in [1.29, 1.82) is 0 Å². The number of hydrogen-bond donors (Lipinski definition) is 1. The Hall–Kier alpha value is -2.96. The second-order valence-electron chi connectivity index (χ2n) is 9.16. The highest BCUT2D eigenvalue weighted by Crippen LogP contribution is 2.42. The molecule has 2 fully saturated rings. The van der Waals surface area contributed by atoms with Gasteiger partial charge in [-0.05, 0) is 55.4 Å². The summed E-state index contributed by atoms with van der Waals surface area (Å²) in [5.74, 6) is 2.54. The molecule has 1 N–H and O–H groups in total. The molecule has 2 saturated carbocycles. The first kappa shape index (κ1) is 20.0. The SMILES string of the molecule is Cc1nnc(-c2cc(C3CC3)n(-c3cccc(C(=O)N[C@@H]4CCC[C@@H](C)[C@@H]4C)c3)n2)o1. The fourth-order valence-electron chi connectivity index (χ4n) is 4.59. The van der Waals surface area contributed by atoms with Crippen molar-refractivity contribution < 1.29 is 9.21 Å². The van der Waals surface area contributed by atoms with Crippen LogP contribution in [0.3, 0.4) is 0 Å². The summed E-state index contributed by atoms with van der Waals surface area (Å²) >= 11 is 0. The number of benzene rings is 1. The first-order valence-electron chi connectivity index (χ1n) is 11.3. The Labute approximate surface area is 182 Å². The van der Waals surface area contributed by atoms with E-state index in [1.807, 2.05) is 35.0 Å². The van der Waals surface area contributed by atoms with Gasteiger partial charge in [0.1, 0.15) is 5.69 Å². The quantitative estimate of drug-likeness (QED) is 0.650. The van der Waals surface area contributed by atoms with Gasteiger partial charge in [0.15, 0.2) is 0 Å². The van der Waals surface area contributed by atoms with Crippen molar-refractivity contribution in [1.82, 2.24) is 25.3 Å². The zero-order valence-electron chi connectivity index (χ0n) is 18.3. The number of nitrogens with one attached hydrogen (secondary N) is 1. The lowest BCUT2D eigenvalue weighted by Crippen LogP contribution is -2.43. The van der Waals surface area contributed by atoms with Crippen LogP contribution in [0.15, 0.2) is 34.7 Å². The summed E-state index contributed by atoms with van der Waals surface area (Å²) < 4.78 is 7.50. The van der Waals surface area contributed by atoms with E-state index < -0.39 is 0 Å². The number of aryl methyl sites for hydroxylation is 1. The summed E-state index contributed by atoms with van der Waals surface area (Å²) in [7, 11) is 0. The van der Waals surface area contributed by atoms with E-state index in [4.69, 9.17) is 9.52 Å². The van der Waals surface area contributed by atoms with Gasteiger partial charge in [0.2, 0.25) is 5.89 Å². The van der Waals surface area contributed by atoms with Gasteiger partial charge in [-0.2, -0.15) is 5.10 Å². The van der Waals surface area contributed by atoms with Crippen LogP contribution in [-0.2, 0) is 0 Å². The predicted molar refractivity (Wildman–Crippen MR) is 117 cm³/mol. The van der Waals surface area contributed by atoms with Crippen molar-refractivity contribution >= 4 is 5.91 Å². The largest absolute Gasteiger partial charge is 0.420 e. The fraction of sp³-hybridized carbons (Fsp3) is 0.500. The van der Waals surface area contributed by atoms with E-state index in [-0.39, 0.29) is 11.9 Å². The third-order valence-electron chi connectivity index (χ3n) is 6.85. The Morgan fingerprint density at radius 2 is 1.97 bits per heavy atom. The average Bonchev–Trinajstić information content (AvgIpc) is 3.37. The first-order chi connectivity index (χ1) is 15.0. The second-order valence-corrected chi connectivity index (χ2v) is 9.16. The minimum Gasteiger partial charge on any atom is -0.420 e. The number of hydrogen-bond acceptors (Lipinski definition) is 5. The molecule has 2 aliphatic rings. The summed E-state index contributed by atoms with van der Waals surface area (Å²) in [6.07, 6.45) is 5.76. The van der Waals surface area contributed by atoms with Crippen LogP contribution in [0.1, 0.15) is 73.8 Å². The molecular weight excluding hydrogens is 390 g/mol. The third kappa shape index (κ3) is 4.01. The van der Waals surface area contributed by atoms with Gasteiger partial charge in [0, 0.05) is 30.1 Å². The molecule has 31 heavy (non-hydrogen) atoms. The maximum Gasteiger partial charge on any atom is 0.268 e. The normalized spacial score (nSPS) is 23.6. The molecule has 162 valence electrons. The third-order valence-corrected chi connectivity index (χ3v) is 6.85. The number of nitrogens with zero attached hydrogens (tertiary/aromatic N) is 4. The number of amides is 1. The van der Waals surface area contributed by atoms with Crippen LogP contribution >= 0.6 is 0 Å². The fourth-order valence-corrected chi connectivity index (χ4v) is 4.59. The van der Waals surface area contributed by atoms with Crippen molar-refractivity contribution in [2.45, 2.75) is 64.8 Å². The van der Waals surface area contributed by atoms with Crippen LogP contribution in [0.4, 0.5) is 0 Å². The highest BCUT2D eigenvalue weighted by molar-refractivity contribution is 5.95. The zero-order chi connectivity index (χ0) is 21.5. The van der Waals surface area contributed by atoms with Crippen molar-refractivity contribution in [3.8, 4) is 17.3 Å². The lowest BCUT2D eigenvalue weighted by atomic mass is 9.78. The summed E-state index contributed by atoms with van der Waals surface area (Å²) in [5, 5.41) is 16.1. The van der Waals surface area contributed by atoms with Crippen LogP contribution in [0.5, 0.6) is 0 Å². The molecule has 0 radical (unpaired) electrons. The predicted octanol–water partition coefficient (Wildman–Crippen LogP) is 4.66. The number of aromatic nitrogens is 4. The Bertz CT molecular complexity index is 1100. The van der Waals surface area contributed by atoms with E-state index >= 15 is 0 Å². The van der Waals surface area contributed by atoms with Gasteiger partial charge >= 0.3 is 0 Å². The summed E-state index contributed by atoms with van der Waals surface area (Å²) in [6, 6.07) is 9.98. The summed E-state index contributed by atoms with van der Waals surface area (Å²) in [6.45, 7) is 6.30. The molecule has 3 aromatic rings. The molecular formula is C24H29N5O2. The average molecular weight is 420 g/mol. The number of rotatable bonds is 5.